The molecule has 0 radical (unpaired) electrons. The molecule has 3 heterocycles. The largest absolute Gasteiger partial charge is 0.352 e. The average molecular weight is 522 g/mol. The van der Waals surface area contributed by atoms with Gasteiger partial charge in [0.25, 0.3) is 0 Å². The summed E-state index contributed by atoms with van der Waals surface area (Å²) in [6, 6.07) is 23.8. The molecule has 0 bridgehead atoms. The second-order valence-electron chi connectivity index (χ2n) is 8.07. The first-order chi connectivity index (χ1) is 17.0. The molecule has 1 aliphatic heterocycles. The Hall–Kier alpha value is -3.39. The van der Waals surface area contributed by atoms with E-state index in [1.807, 2.05) is 82.4 Å². The van der Waals surface area contributed by atoms with Gasteiger partial charge >= 0.3 is 0 Å². The standard InChI is InChI=1S/C26H21Cl2N5OS/c27-17-11-12-21(19(28)15-17)32-14-6-10-22(32)25-24(20-9-4-5-13-29-20)31-26(35)33(25)16-23(34)30-18-7-2-1-3-8-18/h1-15,24-25H,16H2,(H,30,34)(H,31,35)/t24-,25-/m1/s1. The van der Waals surface area contributed by atoms with E-state index in [1.54, 1.807) is 18.3 Å². The van der Waals surface area contributed by atoms with E-state index in [4.69, 9.17) is 35.4 Å². The van der Waals surface area contributed by atoms with Crippen molar-refractivity contribution in [3.63, 3.8) is 0 Å². The monoisotopic (exact) mass is 521 g/mol. The number of hydrogen-bond acceptors (Lipinski definition) is 3. The van der Waals surface area contributed by atoms with Crippen molar-refractivity contribution in [3.8, 4) is 5.69 Å². The summed E-state index contributed by atoms with van der Waals surface area (Å²) in [5.41, 5.74) is 3.23. The first kappa shape index (κ1) is 23.4. The number of pyridine rings is 1. The van der Waals surface area contributed by atoms with Crippen LogP contribution in [-0.2, 0) is 4.79 Å². The van der Waals surface area contributed by atoms with Gasteiger partial charge in [0.2, 0.25) is 5.91 Å². The minimum atomic E-state index is -0.319. The summed E-state index contributed by atoms with van der Waals surface area (Å²) >= 11 is 18.4. The number of aromatic nitrogens is 2. The lowest BCUT2D eigenvalue weighted by atomic mass is 10.0. The van der Waals surface area contributed by atoms with E-state index >= 15 is 0 Å². The van der Waals surface area contributed by atoms with Crippen molar-refractivity contribution in [3.05, 3.63) is 113 Å². The average Bonchev–Trinajstić information content (AvgIpc) is 3.45. The molecule has 176 valence electrons. The highest BCUT2D eigenvalue weighted by Gasteiger charge is 2.42. The van der Waals surface area contributed by atoms with Crippen LogP contribution in [0.4, 0.5) is 5.69 Å². The van der Waals surface area contributed by atoms with Crippen molar-refractivity contribution in [2.24, 2.45) is 0 Å². The van der Waals surface area contributed by atoms with Crippen LogP contribution in [0.3, 0.4) is 0 Å². The molecule has 2 atom stereocenters. The van der Waals surface area contributed by atoms with Gasteiger partial charge in [0.15, 0.2) is 5.11 Å². The molecular weight excluding hydrogens is 501 g/mol. The number of amides is 1. The van der Waals surface area contributed by atoms with Gasteiger partial charge in [-0.05, 0) is 66.8 Å². The van der Waals surface area contributed by atoms with E-state index in [0.717, 1.165) is 22.8 Å². The molecule has 2 aromatic heterocycles. The molecule has 5 rings (SSSR count). The maximum atomic E-state index is 13.0. The number of carbonyl (C=O) groups excluding carboxylic acids is 1. The number of hydrogen-bond donors (Lipinski definition) is 2. The predicted molar refractivity (Wildman–Crippen MR) is 143 cm³/mol. The summed E-state index contributed by atoms with van der Waals surface area (Å²) in [6.45, 7) is 0.0637. The summed E-state index contributed by atoms with van der Waals surface area (Å²) in [4.78, 5) is 19.5. The van der Waals surface area contributed by atoms with Crippen molar-refractivity contribution in [1.29, 1.82) is 0 Å². The molecule has 1 amide bonds. The number of rotatable bonds is 6. The van der Waals surface area contributed by atoms with Gasteiger partial charge in [-0.3, -0.25) is 9.78 Å². The topological polar surface area (TPSA) is 62.2 Å². The van der Waals surface area contributed by atoms with Crippen LogP contribution in [0.5, 0.6) is 0 Å². The van der Waals surface area contributed by atoms with Crippen LogP contribution in [-0.4, -0.2) is 32.0 Å². The van der Waals surface area contributed by atoms with E-state index in [-0.39, 0.29) is 24.5 Å². The van der Waals surface area contributed by atoms with Gasteiger partial charge in [0.05, 0.1) is 28.5 Å². The summed E-state index contributed by atoms with van der Waals surface area (Å²) in [5, 5.41) is 7.88. The smallest absolute Gasteiger partial charge is 0.244 e. The van der Waals surface area contributed by atoms with Crippen LogP contribution in [0.25, 0.3) is 5.69 Å². The van der Waals surface area contributed by atoms with Gasteiger partial charge in [-0.2, -0.15) is 0 Å². The zero-order chi connectivity index (χ0) is 24.4. The van der Waals surface area contributed by atoms with E-state index < -0.39 is 0 Å². The first-order valence-corrected chi connectivity index (χ1v) is 12.1. The van der Waals surface area contributed by atoms with E-state index in [0.29, 0.717) is 15.2 Å². The highest BCUT2D eigenvalue weighted by atomic mass is 35.5. The number of anilines is 1. The Morgan fingerprint density at radius 2 is 1.83 bits per heavy atom. The Morgan fingerprint density at radius 3 is 2.57 bits per heavy atom. The number of benzene rings is 2. The lowest BCUT2D eigenvalue weighted by Crippen LogP contribution is -2.37. The lowest BCUT2D eigenvalue weighted by molar-refractivity contribution is -0.116. The number of thiocarbonyl (C=S) groups is 1. The molecule has 1 aliphatic rings. The molecule has 6 nitrogen and oxygen atoms in total. The summed E-state index contributed by atoms with van der Waals surface area (Å²) < 4.78 is 2.00. The van der Waals surface area contributed by atoms with E-state index in [2.05, 4.69) is 15.6 Å². The maximum Gasteiger partial charge on any atom is 0.244 e. The van der Waals surface area contributed by atoms with Gasteiger partial charge < -0.3 is 20.1 Å². The molecule has 9 heteroatoms. The third kappa shape index (κ3) is 4.89. The van der Waals surface area contributed by atoms with Crippen LogP contribution in [0, 0.1) is 0 Å². The second-order valence-corrected chi connectivity index (χ2v) is 9.30. The normalized spacial score (nSPS) is 17.3. The highest BCUT2D eigenvalue weighted by Crippen LogP contribution is 2.40. The number of para-hydroxylation sites is 1. The SMILES string of the molecule is O=C(CN1C(=S)N[C@H](c2ccccn2)[C@H]1c1cccn1-c1ccc(Cl)cc1Cl)Nc1ccccc1. The lowest BCUT2D eigenvalue weighted by Gasteiger charge is -2.28. The van der Waals surface area contributed by atoms with Crippen molar-refractivity contribution in [1.82, 2.24) is 19.8 Å². The van der Waals surface area contributed by atoms with Gasteiger partial charge in [-0.25, -0.2) is 0 Å². The third-order valence-corrected chi connectivity index (χ3v) is 6.71. The Balaban J connectivity index is 1.53. The molecule has 0 spiro atoms. The number of nitrogens with one attached hydrogen (secondary N) is 2. The highest BCUT2D eigenvalue weighted by molar-refractivity contribution is 7.80. The Kier molecular flexibility index (Phi) is 6.72. The number of nitrogens with zero attached hydrogens (tertiary/aromatic N) is 3. The van der Waals surface area contributed by atoms with Crippen LogP contribution in [0.15, 0.2) is 91.3 Å². The molecular formula is C26H21Cl2N5OS. The Morgan fingerprint density at radius 1 is 1.03 bits per heavy atom. The fourth-order valence-corrected chi connectivity index (χ4v) is 5.11. The van der Waals surface area contributed by atoms with E-state index in [9.17, 15) is 4.79 Å². The van der Waals surface area contributed by atoms with Crippen LogP contribution < -0.4 is 10.6 Å². The molecule has 2 aromatic carbocycles. The summed E-state index contributed by atoms with van der Waals surface area (Å²) in [6.07, 6.45) is 3.68. The zero-order valence-electron chi connectivity index (χ0n) is 18.4. The molecule has 35 heavy (non-hydrogen) atoms. The predicted octanol–water partition coefficient (Wildman–Crippen LogP) is 5.79. The molecule has 4 aromatic rings. The molecule has 0 aliphatic carbocycles. The van der Waals surface area contributed by atoms with Crippen molar-refractivity contribution in [2.75, 3.05) is 11.9 Å². The van der Waals surface area contributed by atoms with E-state index in [1.165, 1.54) is 0 Å². The molecule has 1 saturated heterocycles. The van der Waals surface area contributed by atoms with Crippen LogP contribution in [0.2, 0.25) is 10.0 Å². The van der Waals surface area contributed by atoms with Crippen LogP contribution >= 0.6 is 35.4 Å². The van der Waals surface area contributed by atoms with Gasteiger partial charge in [0, 0.05) is 28.8 Å². The molecule has 0 saturated carbocycles. The number of carbonyl (C=O) groups is 1. The van der Waals surface area contributed by atoms with Gasteiger partial charge in [0.1, 0.15) is 6.54 Å². The molecule has 1 fully saturated rings. The zero-order valence-corrected chi connectivity index (χ0v) is 20.8. The molecule has 0 unspecified atom stereocenters. The maximum absolute atomic E-state index is 13.0. The number of halogens is 2. The minimum Gasteiger partial charge on any atom is -0.352 e. The van der Waals surface area contributed by atoms with Crippen molar-refractivity contribution >= 4 is 52.1 Å². The minimum absolute atomic E-state index is 0.0637. The summed E-state index contributed by atoms with van der Waals surface area (Å²) in [5.74, 6) is -0.172. The fourth-order valence-electron chi connectivity index (χ4n) is 4.31. The summed E-state index contributed by atoms with van der Waals surface area (Å²) in [7, 11) is 0. The second kappa shape index (κ2) is 10.1. The third-order valence-electron chi connectivity index (χ3n) is 5.82. The first-order valence-electron chi connectivity index (χ1n) is 11.0. The Bertz CT molecular complexity index is 1360. The fraction of sp³-hybridized carbons (Fsp3) is 0.115. The van der Waals surface area contributed by atoms with Crippen molar-refractivity contribution < 1.29 is 4.79 Å². The van der Waals surface area contributed by atoms with Crippen LogP contribution in [0.1, 0.15) is 23.5 Å². The van der Waals surface area contributed by atoms with Gasteiger partial charge in [-0.1, -0.05) is 47.5 Å². The van der Waals surface area contributed by atoms with Gasteiger partial charge in [-0.15, -0.1) is 0 Å². The quantitative estimate of drug-likeness (QED) is 0.314. The molecule has 2 N–H and O–H groups in total. The van der Waals surface area contributed by atoms with Crippen molar-refractivity contribution in [2.45, 2.75) is 12.1 Å². The Labute approximate surface area is 218 Å².